The zero-order valence-corrected chi connectivity index (χ0v) is 13.5. The topological polar surface area (TPSA) is 54.0 Å². The zero-order valence-electron chi connectivity index (χ0n) is 13.5. The van der Waals surface area contributed by atoms with E-state index in [0.717, 1.165) is 16.9 Å². The van der Waals surface area contributed by atoms with Gasteiger partial charge in [-0.3, -0.25) is 9.78 Å². The second-order valence-electron chi connectivity index (χ2n) is 6.27. The van der Waals surface area contributed by atoms with E-state index in [4.69, 9.17) is 0 Å². The van der Waals surface area contributed by atoms with Crippen molar-refractivity contribution < 1.29 is 4.79 Å². The average Bonchev–Trinajstić information content (AvgIpc) is 2.56. The van der Waals surface area contributed by atoms with Crippen molar-refractivity contribution in [2.75, 3.05) is 10.6 Å². The van der Waals surface area contributed by atoms with Gasteiger partial charge in [0.25, 0.3) is 5.91 Å². The summed E-state index contributed by atoms with van der Waals surface area (Å²) in [6, 6.07) is 10.2. The molecule has 1 aromatic carbocycles. The smallest absolute Gasteiger partial charge is 0.257 e. The van der Waals surface area contributed by atoms with Gasteiger partial charge in [-0.15, -0.1) is 0 Å². The van der Waals surface area contributed by atoms with Crippen LogP contribution < -0.4 is 10.6 Å². The van der Waals surface area contributed by atoms with Crippen molar-refractivity contribution in [3.8, 4) is 0 Å². The molecule has 1 fully saturated rings. The second kappa shape index (κ2) is 7.27. The highest BCUT2D eigenvalue weighted by Gasteiger charge is 2.14. The van der Waals surface area contributed by atoms with Gasteiger partial charge in [0, 0.05) is 24.1 Å². The molecule has 1 amide bonds. The molecule has 1 aliphatic carbocycles. The number of aryl methyl sites for hydroxylation is 1. The summed E-state index contributed by atoms with van der Waals surface area (Å²) in [5, 5.41) is 6.43. The van der Waals surface area contributed by atoms with Crippen molar-refractivity contribution in [3.05, 3.63) is 53.9 Å². The van der Waals surface area contributed by atoms with Gasteiger partial charge >= 0.3 is 0 Å². The zero-order chi connectivity index (χ0) is 16.1. The molecule has 3 rings (SSSR count). The molecule has 4 heteroatoms. The summed E-state index contributed by atoms with van der Waals surface area (Å²) in [7, 11) is 0. The lowest BCUT2D eigenvalue weighted by atomic mass is 9.95. The van der Waals surface area contributed by atoms with Gasteiger partial charge in [0.2, 0.25) is 0 Å². The van der Waals surface area contributed by atoms with Crippen molar-refractivity contribution in [1.82, 2.24) is 4.98 Å². The van der Waals surface area contributed by atoms with E-state index in [-0.39, 0.29) is 5.91 Å². The van der Waals surface area contributed by atoms with Gasteiger partial charge in [0.05, 0.1) is 11.3 Å². The van der Waals surface area contributed by atoms with Crippen LogP contribution in [-0.2, 0) is 0 Å². The lowest BCUT2D eigenvalue weighted by Crippen LogP contribution is -2.22. The quantitative estimate of drug-likeness (QED) is 0.881. The van der Waals surface area contributed by atoms with Crippen LogP contribution in [-0.4, -0.2) is 16.9 Å². The van der Waals surface area contributed by atoms with E-state index in [9.17, 15) is 4.79 Å². The molecular weight excluding hydrogens is 286 g/mol. The number of nitrogens with zero attached hydrogens (tertiary/aromatic N) is 1. The fourth-order valence-electron chi connectivity index (χ4n) is 3.05. The monoisotopic (exact) mass is 309 g/mol. The first-order valence-corrected chi connectivity index (χ1v) is 8.30. The van der Waals surface area contributed by atoms with Crippen LogP contribution >= 0.6 is 0 Å². The van der Waals surface area contributed by atoms with Crippen LogP contribution in [0.15, 0.2) is 42.7 Å². The van der Waals surface area contributed by atoms with E-state index in [1.807, 2.05) is 37.3 Å². The Morgan fingerprint density at radius 3 is 2.70 bits per heavy atom. The minimum atomic E-state index is -0.129. The van der Waals surface area contributed by atoms with E-state index < -0.39 is 0 Å². The molecule has 1 saturated carbocycles. The molecule has 0 bridgehead atoms. The lowest BCUT2D eigenvalue weighted by Gasteiger charge is -2.23. The van der Waals surface area contributed by atoms with Gasteiger partial charge in [-0.2, -0.15) is 0 Å². The maximum absolute atomic E-state index is 12.4. The maximum atomic E-state index is 12.4. The predicted molar refractivity (Wildman–Crippen MR) is 93.9 cm³/mol. The molecule has 0 saturated heterocycles. The van der Waals surface area contributed by atoms with Crippen molar-refractivity contribution >= 4 is 17.3 Å². The molecule has 120 valence electrons. The highest BCUT2D eigenvalue weighted by atomic mass is 16.1. The van der Waals surface area contributed by atoms with Crippen LogP contribution in [0.1, 0.15) is 48.0 Å². The molecule has 0 unspecified atom stereocenters. The third kappa shape index (κ3) is 4.31. The summed E-state index contributed by atoms with van der Waals surface area (Å²) in [4.78, 5) is 16.6. The normalized spacial score (nSPS) is 15.2. The molecule has 0 radical (unpaired) electrons. The number of benzene rings is 1. The largest absolute Gasteiger partial charge is 0.381 e. The maximum Gasteiger partial charge on any atom is 0.257 e. The van der Waals surface area contributed by atoms with Crippen LogP contribution in [0.5, 0.6) is 0 Å². The first-order valence-electron chi connectivity index (χ1n) is 8.30. The van der Waals surface area contributed by atoms with Gasteiger partial charge in [-0.25, -0.2) is 0 Å². The molecule has 4 nitrogen and oxygen atoms in total. The van der Waals surface area contributed by atoms with Crippen LogP contribution in [0.3, 0.4) is 0 Å². The van der Waals surface area contributed by atoms with Crippen molar-refractivity contribution in [3.63, 3.8) is 0 Å². The Hall–Kier alpha value is -2.36. The number of aromatic nitrogens is 1. The van der Waals surface area contributed by atoms with E-state index in [1.54, 1.807) is 12.4 Å². The fourth-order valence-corrected chi connectivity index (χ4v) is 3.05. The summed E-state index contributed by atoms with van der Waals surface area (Å²) in [6.07, 6.45) is 9.67. The summed E-state index contributed by atoms with van der Waals surface area (Å²) in [5.74, 6) is -0.129. The Morgan fingerprint density at radius 2 is 1.91 bits per heavy atom. The number of nitrogens with one attached hydrogen (secondary N) is 2. The van der Waals surface area contributed by atoms with E-state index in [2.05, 4.69) is 15.6 Å². The van der Waals surface area contributed by atoms with Crippen LogP contribution in [0.25, 0.3) is 0 Å². The highest BCUT2D eigenvalue weighted by molar-refractivity contribution is 6.04. The molecule has 0 atom stereocenters. The Labute approximate surface area is 137 Å². The third-order valence-electron chi connectivity index (χ3n) is 4.25. The standard InChI is InChI=1S/C19H23N3O/c1-14-6-5-9-17(10-14)22-19(23)15-11-18(13-20-12-15)21-16-7-3-2-4-8-16/h5-6,9-13,16,21H,2-4,7-8H2,1H3,(H,22,23). The molecule has 0 aliphatic heterocycles. The molecule has 2 aromatic rings. The summed E-state index contributed by atoms with van der Waals surface area (Å²) < 4.78 is 0. The molecular formula is C19H23N3O. The van der Waals surface area contributed by atoms with Gasteiger partial charge in [0.15, 0.2) is 0 Å². The predicted octanol–water partition coefficient (Wildman–Crippen LogP) is 4.39. The van der Waals surface area contributed by atoms with Crippen molar-refractivity contribution in [1.29, 1.82) is 0 Å². The van der Waals surface area contributed by atoms with Crippen molar-refractivity contribution in [2.24, 2.45) is 0 Å². The summed E-state index contributed by atoms with van der Waals surface area (Å²) in [5.41, 5.74) is 3.43. The third-order valence-corrected chi connectivity index (χ3v) is 4.25. The number of carbonyl (C=O) groups is 1. The number of carbonyl (C=O) groups excluding carboxylic acids is 1. The molecule has 1 heterocycles. The fraction of sp³-hybridized carbons (Fsp3) is 0.368. The number of rotatable bonds is 4. The number of hydrogen-bond donors (Lipinski definition) is 2. The first kappa shape index (κ1) is 15.5. The Morgan fingerprint density at radius 1 is 1.09 bits per heavy atom. The van der Waals surface area contributed by atoms with Crippen LogP contribution in [0.2, 0.25) is 0 Å². The molecule has 2 N–H and O–H groups in total. The van der Waals surface area contributed by atoms with E-state index in [0.29, 0.717) is 11.6 Å². The number of anilines is 2. The van der Waals surface area contributed by atoms with Crippen LogP contribution in [0.4, 0.5) is 11.4 Å². The summed E-state index contributed by atoms with van der Waals surface area (Å²) >= 11 is 0. The van der Waals surface area contributed by atoms with Gasteiger partial charge in [-0.1, -0.05) is 31.4 Å². The van der Waals surface area contributed by atoms with E-state index in [1.165, 1.54) is 32.1 Å². The number of hydrogen-bond acceptors (Lipinski definition) is 3. The van der Waals surface area contributed by atoms with E-state index >= 15 is 0 Å². The lowest BCUT2D eigenvalue weighted by molar-refractivity contribution is 0.102. The Kier molecular flexibility index (Phi) is 4.91. The molecule has 23 heavy (non-hydrogen) atoms. The Balaban J connectivity index is 1.67. The van der Waals surface area contributed by atoms with Gasteiger partial charge < -0.3 is 10.6 Å². The minimum absolute atomic E-state index is 0.129. The number of pyridine rings is 1. The molecule has 1 aliphatic rings. The second-order valence-corrected chi connectivity index (χ2v) is 6.27. The van der Waals surface area contributed by atoms with Crippen molar-refractivity contribution in [2.45, 2.75) is 45.1 Å². The minimum Gasteiger partial charge on any atom is -0.381 e. The summed E-state index contributed by atoms with van der Waals surface area (Å²) in [6.45, 7) is 2.01. The van der Waals surface area contributed by atoms with Gasteiger partial charge in [0.1, 0.15) is 0 Å². The van der Waals surface area contributed by atoms with Crippen LogP contribution in [0, 0.1) is 6.92 Å². The SMILES string of the molecule is Cc1cccc(NC(=O)c2cncc(NC3CCCCC3)c2)c1. The van der Waals surface area contributed by atoms with Gasteiger partial charge in [-0.05, 0) is 43.5 Å². The average molecular weight is 309 g/mol. The first-order chi connectivity index (χ1) is 11.2. The Bertz CT molecular complexity index is 678. The number of amides is 1. The highest BCUT2D eigenvalue weighted by Crippen LogP contribution is 2.22. The molecule has 0 spiro atoms. The molecule has 1 aromatic heterocycles.